The second-order valence-corrected chi connectivity index (χ2v) is 6.24. The molecule has 0 aliphatic carbocycles. The molecule has 0 aliphatic rings. The highest BCUT2D eigenvalue weighted by Crippen LogP contribution is 2.42. The lowest BCUT2D eigenvalue weighted by molar-refractivity contribution is -0.364. The van der Waals surface area contributed by atoms with E-state index in [-0.39, 0.29) is 60.3 Å². The third-order valence-electron chi connectivity index (χ3n) is 1.57. The number of hydrogen-bond donors (Lipinski definition) is 10. The predicted octanol–water partition coefficient (Wildman–Crippen LogP) is -4.60. The lowest BCUT2D eigenvalue weighted by Gasteiger charge is -2.39. The van der Waals surface area contributed by atoms with E-state index in [2.05, 4.69) is 34.2 Å². The summed E-state index contributed by atoms with van der Waals surface area (Å²) in [5.74, 6) is 0.250. The zero-order chi connectivity index (χ0) is 21.4. The van der Waals surface area contributed by atoms with Crippen molar-refractivity contribution in [1.29, 1.82) is 0 Å². The Morgan fingerprint density at radius 1 is 0.484 bits per heavy atom. The zero-order valence-corrected chi connectivity index (χ0v) is 18.7. The Hall–Kier alpha value is -3.08. The topological polar surface area (TPSA) is 515 Å². The van der Waals surface area contributed by atoms with Gasteiger partial charge in [0.05, 0.1) is 15.6 Å². The molecule has 0 amide bonds. The molecule has 0 saturated carbocycles. The van der Waals surface area contributed by atoms with E-state index >= 15 is 0 Å². The highest BCUT2D eigenvalue weighted by Gasteiger charge is 1.95. The summed E-state index contributed by atoms with van der Waals surface area (Å²) in [6, 6.07) is 0. The van der Waals surface area contributed by atoms with E-state index in [0.29, 0.717) is 0 Å². The Labute approximate surface area is 174 Å². The molecule has 184 valence electrons. The number of quaternary nitrogens is 4. The lowest BCUT2D eigenvalue weighted by Crippen LogP contribution is -2.23. The quantitative estimate of drug-likeness (QED) is 0.174. The first-order valence-corrected chi connectivity index (χ1v) is 8.80. The zero-order valence-electron chi connectivity index (χ0n) is 16.9. The molecule has 28 N–H and O–H groups in total. The Kier molecular flexibility index (Phi) is 19.5. The van der Waals surface area contributed by atoms with Gasteiger partial charge in [-0.2, -0.15) is 29.9 Å². The Balaban J connectivity index is -0.000000102. The average molecular weight is 498 g/mol. The Morgan fingerprint density at radius 3 is 0.677 bits per heavy atom. The molecule has 0 aromatic carbocycles. The lowest BCUT2D eigenvalue weighted by atomic mass is 10.9. The number of nitrogens with zero attached hydrogens (tertiary/aromatic N) is 6. The molecule has 2 aromatic rings. The first kappa shape index (κ1) is 38.5. The maximum absolute atomic E-state index is 9.32. The molecule has 0 saturated heterocycles. The van der Waals surface area contributed by atoms with Crippen LogP contribution < -0.4 is 78.6 Å². The number of hydrogen-bond acceptors (Lipinski definition) is 19. The third kappa shape index (κ3) is 23.1. The van der Waals surface area contributed by atoms with Crippen LogP contribution in [0.5, 0.6) is 0 Å². The number of anilines is 6. The minimum Gasteiger partial charge on any atom is -0.790 e. The van der Waals surface area contributed by atoms with Crippen molar-refractivity contribution in [2.45, 2.75) is 0 Å². The summed E-state index contributed by atoms with van der Waals surface area (Å²) in [6.07, 6.45) is 0. The average Bonchev–Trinajstić information content (AvgIpc) is 2.31. The van der Waals surface area contributed by atoms with Crippen LogP contribution in [-0.2, 0) is 13.4 Å². The minimum atomic E-state index is -5.68. The Morgan fingerprint density at radius 2 is 0.613 bits per heavy atom. The summed E-state index contributed by atoms with van der Waals surface area (Å²) < 4.78 is 21.2. The summed E-state index contributed by atoms with van der Waals surface area (Å²) in [5, 5.41) is 0. The van der Waals surface area contributed by atoms with Crippen LogP contribution >= 0.6 is 15.6 Å². The summed E-state index contributed by atoms with van der Waals surface area (Å²) in [5.41, 5.74) is 30.8. The maximum Gasteiger partial charge on any atom is 0.226 e. The first-order valence-electron chi connectivity index (χ1n) is 5.88. The number of rotatable bonds is 2. The molecule has 31 heavy (non-hydrogen) atoms. The van der Waals surface area contributed by atoms with Crippen molar-refractivity contribution in [2.24, 2.45) is 0 Å². The number of nitrogen functional groups attached to an aromatic ring is 6. The van der Waals surface area contributed by atoms with Crippen LogP contribution in [0.15, 0.2) is 0 Å². The highest BCUT2D eigenvalue weighted by molar-refractivity contribution is 7.57. The largest absolute Gasteiger partial charge is 0.790 e. The van der Waals surface area contributed by atoms with Crippen LogP contribution in [0.3, 0.4) is 0 Å². The molecule has 25 heteroatoms. The molecule has 0 fully saturated rings. The molecule has 0 unspecified atom stereocenters. The van der Waals surface area contributed by atoms with Gasteiger partial charge in [-0.15, -0.1) is 0 Å². The monoisotopic (exact) mass is 498 g/mol. The van der Waals surface area contributed by atoms with Gasteiger partial charge in [0.25, 0.3) is 0 Å². The van der Waals surface area contributed by atoms with Gasteiger partial charge in [0.1, 0.15) is 0 Å². The van der Waals surface area contributed by atoms with Crippen molar-refractivity contribution in [3.8, 4) is 0 Å². The van der Waals surface area contributed by atoms with Gasteiger partial charge in [0.2, 0.25) is 35.7 Å². The van der Waals surface area contributed by atoms with Crippen molar-refractivity contribution in [2.75, 3.05) is 34.4 Å². The van der Waals surface area contributed by atoms with E-state index in [0.717, 1.165) is 0 Å². The normalized spacial score (nSPS) is 9.42. The summed E-state index contributed by atoms with van der Waals surface area (Å²) in [6.45, 7) is 0. The van der Waals surface area contributed by atoms with Gasteiger partial charge in [0.15, 0.2) is 0 Å². The van der Waals surface area contributed by atoms with Gasteiger partial charge < -0.3 is 92.0 Å². The van der Waals surface area contributed by atoms with E-state index in [1.165, 1.54) is 0 Å². The van der Waals surface area contributed by atoms with E-state index in [9.17, 15) is 28.7 Å². The van der Waals surface area contributed by atoms with Gasteiger partial charge in [0, 0.05) is 0 Å². The molecule has 23 nitrogen and oxygen atoms in total. The van der Waals surface area contributed by atoms with Crippen LogP contribution in [0.25, 0.3) is 0 Å². The molecule has 0 aliphatic heterocycles. The van der Waals surface area contributed by atoms with E-state index in [4.69, 9.17) is 34.4 Å². The van der Waals surface area contributed by atoms with Crippen molar-refractivity contribution in [3.63, 3.8) is 0 Å². The van der Waals surface area contributed by atoms with Crippen molar-refractivity contribution in [1.82, 2.24) is 54.5 Å². The fourth-order valence-corrected chi connectivity index (χ4v) is 1.96. The summed E-state index contributed by atoms with van der Waals surface area (Å²) >= 11 is 0. The van der Waals surface area contributed by atoms with Crippen LogP contribution in [0, 0.1) is 0 Å². The summed E-state index contributed by atoms with van der Waals surface area (Å²) in [4.78, 5) is 58.2. The molecular formula is C6H28N16O7P2. The van der Waals surface area contributed by atoms with Crippen LogP contribution in [-0.4, -0.2) is 29.9 Å². The van der Waals surface area contributed by atoms with Crippen molar-refractivity contribution >= 4 is 51.3 Å². The number of aromatic nitrogens is 6. The molecule has 2 rings (SSSR count). The standard InChI is InChI=1S/2C3H6N6.4H3N.H4O7P2/c2*4-1-7-2(5)9-3(6)8-1;;;;;1-8(2,3)7-9(4,5)6/h2*(H6,4,5,6,7,8,9);4*1H3;(H2,1,2,3)(H2,4,5,6). The van der Waals surface area contributed by atoms with Crippen LogP contribution in [0.2, 0.25) is 0 Å². The van der Waals surface area contributed by atoms with Gasteiger partial charge in [-0.05, 0) is 0 Å². The molecular weight excluding hydrogens is 470 g/mol. The maximum atomic E-state index is 9.32. The van der Waals surface area contributed by atoms with E-state index < -0.39 is 15.6 Å². The van der Waals surface area contributed by atoms with Crippen molar-refractivity contribution < 1.29 is 33.0 Å². The van der Waals surface area contributed by atoms with Gasteiger partial charge in [-0.3, -0.25) is 0 Å². The SMILES string of the molecule is Nc1nc(N)nc(N)n1.Nc1nc(N)nc(N)n1.O=P([O-])([O-])OP(=O)([O-])[O-].[NH4+].[NH4+].[NH4+].[NH4+]. The molecule has 0 spiro atoms. The minimum absolute atomic E-state index is 0. The molecule has 0 bridgehead atoms. The van der Waals surface area contributed by atoms with Crippen LogP contribution in [0.4, 0.5) is 35.7 Å². The smallest absolute Gasteiger partial charge is 0.226 e. The number of phosphoric acid groups is 2. The van der Waals surface area contributed by atoms with E-state index in [1.807, 2.05) is 0 Å². The third-order valence-corrected chi connectivity index (χ3v) is 3.17. The molecule has 2 heterocycles. The second kappa shape index (κ2) is 15.7. The van der Waals surface area contributed by atoms with Crippen LogP contribution in [0.1, 0.15) is 0 Å². The second-order valence-electron chi connectivity index (χ2n) is 3.80. The van der Waals surface area contributed by atoms with Gasteiger partial charge in [-0.25, -0.2) is 0 Å². The summed E-state index contributed by atoms with van der Waals surface area (Å²) in [7, 11) is -11.4. The fourth-order valence-electron chi connectivity index (χ4n) is 0.977. The first-order chi connectivity index (χ1) is 12.1. The van der Waals surface area contributed by atoms with Gasteiger partial charge in [-0.1, -0.05) is 0 Å². The highest BCUT2D eigenvalue weighted by atomic mass is 31.3. The van der Waals surface area contributed by atoms with Gasteiger partial charge >= 0.3 is 0 Å². The predicted molar refractivity (Wildman–Crippen MR) is 106 cm³/mol. The molecule has 0 atom stereocenters. The van der Waals surface area contributed by atoms with E-state index in [1.54, 1.807) is 0 Å². The molecule has 2 aromatic heterocycles. The Bertz CT molecular complexity index is 688. The molecule has 0 radical (unpaired) electrons. The number of nitrogens with two attached hydrogens (primary N) is 6. The van der Waals surface area contributed by atoms with Crippen molar-refractivity contribution in [3.05, 3.63) is 0 Å². The fraction of sp³-hybridized carbons (Fsp3) is 0.